The van der Waals surface area contributed by atoms with Crippen LogP contribution < -0.4 is 5.73 Å². The van der Waals surface area contributed by atoms with Crippen molar-refractivity contribution in [2.75, 3.05) is 25.5 Å². The highest BCUT2D eigenvalue weighted by atomic mass is 32.2. The maximum Gasteiger partial charge on any atom is 0.0589 e. The van der Waals surface area contributed by atoms with Gasteiger partial charge in [-0.2, -0.15) is 11.8 Å². The van der Waals surface area contributed by atoms with E-state index < -0.39 is 0 Å². The fourth-order valence-corrected chi connectivity index (χ4v) is 1.99. The number of thioether (sulfide) groups is 1. The molecule has 2 nitrogen and oxygen atoms in total. The van der Waals surface area contributed by atoms with E-state index in [9.17, 15) is 0 Å². The molecule has 1 rings (SSSR count). The molecule has 3 heteroatoms. The van der Waals surface area contributed by atoms with Crippen LogP contribution in [0.2, 0.25) is 0 Å². The average molecular weight is 225 g/mol. The second kappa shape index (κ2) is 7.74. The van der Waals surface area contributed by atoms with Crippen molar-refractivity contribution in [1.82, 2.24) is 0 Å². The fraction of sp³-hybridized carbons (Fsp3) is 0.500. The van der Waals surface area contributed by atoms with Crippen LogP contribution in [0, 0.1) is 6.92 Å². The number of nitrogens with two attached hydrogens (primary N) is 1. The van der Waals surface area contributed by atoms with Crippen LogP contribution in [0.5, 0.6) is 0 Å². The van der Waals surface area contributed by atoms with Gasteiger partial charge in [-0.15, -0.1) is 0 Å². The molecule has 2 N–H and O–H groups in total. The molecule has 0 radical (unpaired) electrons. The number of rotatable bonds is 7. The molecule has 0 saturated carbocycles. The van der Waals surface area contributed by atoms with Gasteiger partial charge >= 0.3 is 0 Å². The summed E-state index contributed by atoms with van der Waals surface area (Å²) in [5, 5.41) is 0. The third-order valence-corrected chi connectivity index (χ3v) is 3.02. The van der Waals surface area contributed by atoms with Crippen molar-refractivity contribution in [3.05, 3.63) is 35.4 Å². The predicted molar refractivity (Wildman–Crippen MR) is 67.2 cm³/mol. The van der Waals surface area contributed by atoms with E-state index in [1.807, 2.05) is 11.8 Å². The van der Waals surface area contributed by atoms with Crippen molar-refractivity contribution in [1.29, 1.82) is 0 Å². The number of ether oxygens (including phenoxy) is 1. The minimum Gasteiger partial charge on any atom is -0.379 e. The highest BCUT2D eigenvalue weighted by Gasteiger charge is 1.93. The zero-order chi connectivity index (χ0) is 10.9. The Morgan fingerprint density at radius 2 is 1.93 bits per heavy atom. The van der Waals surface area contributed by atoms with Crippen LogP contribution in [0.1, 0.15) is 11.1 Å². The van der Waals surface area contributed by atoms with E-state index in [0.29, 0.717) is 13.2 Å². The monoisotopic (exact) mass is 225 g/mol. The summed E-state index contributed by atoms with van der Waals surface area (Å²) in [4.78, 5) is 0. The molecule has 1 aromatic rings. The Hall–Kier alpha value is -0.510. The van der Waals surface area contributed by atoms with Crippen LogP contribution in [0.3, 0.4) is 0 Å². The summed E-state index contributed by atoms with van der Waals surface area (Å²) in [6, 6.07) is 8.67. The molecule has 0 spiro atoms. The van der Waals surface area contributed by atoms with E-state index in [-0.39, 0.29) is 0 Å². The highest BCUT2D eigenvalue weighted by molar-refractivity contribution is 7.98. The van der Waals surface area contributed by atoms with Gasteiger partial charge in [0.1, 0.15) is 0 Å². The van der Waals surface area contributed by atoms with Crippen LogP contribution >= 0.6 is 11.8 Å². The lowest BCUT2D eigenvalue weighted by Crippen LogP contribution is -2.09. The molecular weight excluding hydrogens is 206 g/mol. The minimum absolute atomic E-state index is 0.614. The Bertz CT molecular complexity index is 261. The normalized spacial score (nSPS) is 10.5. The molecule has 0 unspecified atom stereocenters. The first-order valence-electron chi connectivity index (χ1n) is 5.24. The maximum absolute atomic E-state index is 5.32. The molecule has 0 atom stereocenters. The zero-order valence-electron chi connectivity index (χ0n) is 9.24. The molecule has 0 fully saturated rings. The average Bonchev–Trinajstić information content (AvgIpc) is 2.26. The van der Waals surface area contributed by atoms with Gasteiger partial charge in [0.05, 0.1) is 13.2 Å². The van der Waals surface area contributed by atoms with E-state index in [1.54, 1.807) is 0 Å². The van der Waals surface area contributed by atoms with Crippen LogP contribution in [0.15, 0.2) is 24.3 Å². The Balaban J connectivity index is 2.07. The lowest BCUT2D eigenvalue weighted by Gasteiger charge is -2.03. The van der Waals surface area contributed by atoms with Gasteiger partial charge in [-0.25, -0.2) is 0 Å². The summed E-state index contributed by atoms with van der Waals surface area (Å²) < 4.78 is 5.29. The Labute approximate surface area is 96.2 Å². The van der Waals surface area contributed by atoms with Gasteiger partial charge < -0.3 is 10.5 Å². The van der Waals surface area contributed by atoms with Crippen LogP contribution in [-0.2, 0) is 10.5 Å². The lowest BCUT2D eigenvalue weighted by molar-refractivity contribution is 0.158. The highest BCUT2D eigenvalue weighted by Crippen LogP contribution is 2.12. The van der Waals surface area contributed by atoms with Gasteiger partial charge in [0.2, 0.25) is 0 Å². The summed E-state index contributed by atoms with van der Waals surface area (Å²) >= 11 is 1.90. The van der Waals surface area contributed by atoms with E-state index in [4.69, 9.17) is 10.5 Å². The predicted octanol–water partition coefficient (Wildman–Crippen LogP) is 2.20. The maximum atomic E-state index is 5.32. The van der Waals surface area contributed by atoms with E-state index in [1.165, 1.54) is 11.1 Å². The van der Waals surface area contributed by atoms with E-state index in [0.717, 1.165) is 18.1 Å². The van der Waals surface area contributed by atoms with Gasteiger partial charge in [0, 0.05) is 18.1 Å². The number of hydrogen-bond donors (Lipinski definition) is 1. The number of aryl methyl sites for hydroxylation is 1. The quantitative estimate of drug-likeness (QED) is 0.723. The van der Waals surface area contributed by atoms with Crippen molar-refractivity contribution in [2.24, 2.45) is 5.73 Å². The Kier molecular flexibility index (Phi) is 6.48. The smallest absolute Gasteiger partial charge is 0.0589 e. The molecule has 0 saturated heterocycles. The molecule has 0 aromatic heterocycles. The topological polar surface area (TPSA) is 35.2 Å². The molecule has 0 amide bonds. The molecule has 0 aliphatic rings. The lowest BCUT2D eigenvalue weighted by atomic mass is 10.2. The van der Waals surface area contributed by atoms with Crippen LogP contribution in [0.4, 0.5) is 0 Å². The van der Waals surface area contributed by atoms with E-state index >= 15 is 0 Å². The minimum atomic E-state index is 0.614. The van der Waals surface area contributed by atoms with Gasteiger partial charge in [-0.1, -0.05) is 29.8 Å². The standard InChI is InChI=1S/C12H19NOS/c1-11-2-4-12(5-3-11)10-15-9-8-14-7-6-13/h2-5H,6-10,13H2,1H3. The molecule has 1 aromatic carbocycles. The second-order valence-corrected chi connectivity index (χ2v) is 4.54. The third kappa shape index (κ3) is 5.82. The zero-order valence-corrected chi connectivity index (χ0v) is 10.1. The third-order valence-electron chi connectivity index (χ3n) is 2.02. The molecular formula is C12H19NOS. The summed E-state index contributed by atoms with van der Waals surface area (Å²) in [5.41, 5.74) is 8.01. The van der Waals surface area contributed by atoms with Crippen molar-refractivity contribution in [3.63, 3.8) is 0 Å². The van der Waals surface area contributed by atoms with E-state index in [2.05, 4.69) is 31.2 Å². The molecule has 0 aliphatic heterocycles. The van der Waals surface area contributed by atoms with Gasteiger partial charge in [-0.05, 0) is 12.5 Å². The molecule has 15 heavy (non-hydrogen) atoms. The van der Waals surface area contributed by atoms with Gasteiger partial charge in [-0.3, -0.25) is 0 Å². The SMILES string of the molecule is Cc1ccc(CSCCOCCN)cc1. The van der Waals surface area contributed by atoms with Crippen molar-refractivity contribution < 1.29 is 4.74 Å². The van der Waals surface area contributed by atoms with Crippen LogP contribution in [-0.4, -0.2) is 25.5 Å². The number of hydrogen-bond acceptors (Lipinski definition) is 3. The van der Waals surface area contributed by atoms with Gasteiger partial charge in [0.25, 0.3) is 0 Å². The molecule has 0 aliphatic carbocycles. The molecule has 0 bridgehead atoms. The van der Waals surface area contributed by atoms with Crippen molar-refractivity contribution in [3.8, 4) is 0 Å². The second-order valence-electron chi connectivity index (χ2n) is 3.44. The molecule has 84 valence electrons. The Morgan fingerprint density at radius 3 is 2.60 bits per heavy atom. The molecule has 0 heterocycles. The first-order chi connectivity index (χ1) is 7.33. The summed E-state index contributed by atoms with van der Waals surface area (Å²) in [5.74, 6) is 2.10. The Morgan fingerprint density at radius 1 is 1.20 bits per heavy atom. The summed E-state index contributed by atoms with van der Waals surface area (Å²) in [6.45, 7) is 4.19. The van der Waals surface area contributed by atoms with Crippen molar-refractivity contribution in [2.45, 2.75) is 12.7 Å². The summed E-state index contributed by atoms with van der Waals surface area (Å²) in [6.07, 6.45) is 0. The summed E-state index contributed by atoms with van der Waals surface area (Å²) in [7, 11) is 0. The first kappa shape index (κ1) is 12.6. The largest absolute Gasteiger partial charge is 0.379 e. The van der Waals surface area contributed by atoms with Crippen LogP contribution in [0.25, 0.3) is 0 Å². The van der Waals surface area contributed by atoms with Gasteiger partial charge in [0.15, 0.2) is 0 Å². The van der Waals surface area contributed by atoms with Crippen molar-refractivity contribution >= 4 is 11.8 Å². The number of benzene rings is 1. The first-order valence-corrected chi connectivity index (χ1v) is 6.39. The fourth-order valence-electron chi connectivity index (χ4n) is 1.18.